The first-order chi connectivity index (χ1) is 9.15. The number of halogens is 1. The molecule has 0 spiro atoms. The second-order valence-corrected chi connectivity index (χ2v) is 6.67. The molecule has 3 rings (SSSR count). The molecule has 3 aliphatic rings. The van der Waals surface area contributed by atoms with Crippen LogP contribution >= 0.6 is 12.4 Å². The van der Waals surface area contributed by atoms with Crippen molar-refractivity contribution in [3.63, 3.8) is 0 Å². The molecular weight excluding hydrogens is 270 g/mol. The van der Waals surface area contributed by atoms with E-state index < -0.39 is 5.60 Å². The maximum Gasteiger partial charge on any atom is 0.126 e. The smallest absolute Gasteiger partial charge is 0.126 e. The quantitative estimate of drug-likeness (QED) is 0.625. The monoisotopic (exact) mass is 295 g/mol. The summed E-state index contributed by atoms with van der Waals surface area (Å²) in [5, 5.41) is 10.6. The minimum absolute atomic E-state index is 0. The average Bonchev–Trinajstić information content (AvgIpc) is 3.02. The SMILES string of the molecule is CC(O)(C#CCN1CCCCC1)C1CC2C=CC1C2.Cl. The van der Waals surface area contributed by atoms with Crippen LogP contribution in [0.15, 0.2) is 12.2 Å². The topological polar surface area (TPSA) is 23.5 Å². The zero-order valence-corrected chi connectivity index (χ0v) is 13.2. The molecule has 0 aromatic carbocycles. The molecule has 1 saturated carbocycles. The average molecular weight is 296 g/mol. The first-order valence-corrected chi connectivity index (χ1v) is 7.78. The predicted octanol–water partition coefficient (Wildman–Crippen LogP) is 2.86. The molecule has 0 amide bonds. The van der Waals surface area contributed by atoms with E-state index in [0.29, 0.717) is 17.8 Å². The van der Waals surface area contributed by atoms with Crippen molar-refractivity contribution in [1.29, 1.82) is 0 Å². The van der Waals surface area contributed by atoms with Gasteiger partial charge >= 0.3 is 0 Å². The second kappa shape index (κ2) is 6.52. The van der Waals surface area contributed by atoms with E-state index >= 15 is 0 Å². The Hall–Kier alpha value is -0.490. The highest BCUT2D eigenvalue weighted by atomic mass is 35.5. The fourth-order valence-electron chi connectivity index (χ4n) is 3.97. The Bertz CT molecular complexity index is 414. The molecule has 0 radical (unpaired) electrons. The van der Waals surface area contributed by atoms with Crippen molar-refractivity contribution in [2.24, 2.45) is 17.8 Å². The lowest BCUT2D eigenvalue weighted by Gasteiger charge is -2.30. The van der Waals surface area contributed by atoms with Gasteiger partial charge in [-0.2, -0.15) is 0 Å². The fourth-order valence-corrected chi connectivity index (χ4v) is 3.97. The van der Waals surface area contributed by atoms with E-state index in [1.54, 1.807) is 0 Å². The third-order valence-corrected chi connectivity index (χ3v) is 5.09. The summed E-state index contributed by atoms with van der Waals surface area (Å²) in [6.45, 7) is 5.09. The molecule has 1 saturated heterocycles. The van der Waals surface area contributed by atoms with Gasteiger partial charge in [-0.05, 0) is 57.5 Å². The Morgan fingerprint density at radius 1 is 1.20 bits per heavy atom. The molecule has 1 aliphatic heterocycles. The number of rotatable bonds is 2. The van der Waals surface area contributed by atoms with Crippen molar-refractivity contribution in [2.45, 2.75) is 44.6 Å². The van der Waals surface area contributed by atoms with E-state index in [1.165, 1.54) is 38.8 Å². The van der Waals surface area contributed by atoms with Gasteiger partial charge < -0.3 is 5.11 Å². The van der Waals surface area contributed by atoms with Gasteiger partial charge in [0.2, 0.25) is 0 Å². The van der Waals surface area contributed by atoms with Gasteiger partial charge in [-0.15, -0.1) is 12.4 Å². The van der Waals surface area contributed by atoms with Crippen LogP contribution in [0, 0.1) is 29.6 Å². The number of hydrogen-bond acceptors (Lipinski definition) is 2. The Morgan fingerprint density at radius 2 is 1.95 bits per heavy atom. The van der Waals surface area contributed by atoms with Crippen molar-refractivity contribution in [1.82, 2.24) is 4.90 Å². The summed E-state index contributed by atoms with van der Waals surface area (Å²) < 4.78 is 0. The van der Waals surface area contributed by atoms with Gasteiger partial charge in [-0.3, -0.25) is 4.90 Å². The lowest BCUT2D eigenvalue weighted by molar-refractivity contribution is 0.0431. The highest BCUT2D eigenvalue weighted by Gasteiger charge is 2.44. The van der Waals surface area contributed by atoms with E-state index in [9.17, 15) is 5.11 Å². The standard InChI is InChI=1S/C17H25NO.ClH/c1-17(19,16-13-14-6-7-15(16)12-14)8-5-11-18-9-3-2-4-10-18;/h6-7,14-16,19H,2-4,9-13H2,1H3;1H. The lowest BCUT2D eigenvalue weighted by atomic mass is 9.80. The van der Waals surface area contributed by atoms with Crippen LogP contribution in [0.25, 0.3) is 0 Å². The summed E-state index contributed by atoms with van der Waals surface area (Å²) in [6, 6.07) is 0. The number of piperidine rings is 1. The maximum atomic E-state index is 10.6. The molecule has 20 heavy (non-hydrogen) atoms. The number of fused-ring (bicyclic) bond motifs is 2. The third-order valence-electron chi connectivity index (χ3n) is 5.09. The Labute approximate surface area is 129 Å². The van der Waals surface area contributed by atoms with Gasteiger partial charge in [-0.1, -0.05) is 30.4 Å². The highest BCUT2D eigenvalue weighted by molar-refractivity contribution is 5.85. The molecule has 1 N–H and O–H groups in total. The van der Waals surface area contributed by atoms with Crippen molar-refractivity contribution >= 4 is 12.4 Å². The third kappa shape index (κ3) is 3.39. The minimum Gasteiger partial charge on any atom is -0.378 e. The summed E-state index contributed by atoms with van der Waals surface area (Å²) in [6.07, 6.45) is 10.9. The summed E-state index contributed by atoms with van der Waals surface area (Å²) in [4.78, 5) is 2.41. The van der Waals surface area contributed by atoms with Crippen molar-refractivity contribution < 1.29 is 5.11 Å². The van der Waals surface area contributed by atoms with Crippen LogP contribution in [0.3, 0.4) is 0 Å². The van der Waals surface area contributed by atoms with Crippen LogP contribution < -0.4 is 0 Å². The molecular formula is C17H26ClNO. The molecule has 2 aliphatic carbocycles. The first-order valence-electron chi connectivity index (χ1n) is 7.78. The van der Waals surface area contributed by atoms with Crippen LogP contribution in [0.5, 0.6) is 0 Å². The largest absolute Gasteiger partial charge is 0.378 e. The molecule has 112 valence electrons. The van der Waals surface area contributed by atoms with Gasteiger partial charge in [0.25, 0.3) is 0 Å². The molecule has 2 bridgehead atoms. The van der Waals surface area contributed by atoms with Gasteiger partial charge in [0.15, 0.2) is 0 Å². The molecule has 4 atom stereocenters. The van der Waals surface area contributed by atoms with E-state index in [1.807, 2.05) is 6.92 Å². The Kier molecular flexibility index (Phi) is 5.18. The summed E-state index contributed by atoms with van der Waals surface area (Å²) in [5.74, 6) is 8.00. The van der Waals surface area contributed by atoms with Gasteiger partial charge in [0.05, 0.1) is 6.54 Å². The number of aliphatic hydroxyl groups is 1. The van der Waals surface area contributed by atoms with Gasteiger partial charge in [0, 0.05) is 5.92 Å². The van der Waals surface area contributed by atoms with Gasteiger partial charge in [0.1, 0.15) is 5.60 Å². The Morgan fingerprint density at radius 3 is 2.55 bits per heavy atom. The van der Waals surface area contributed by atoms with Crippen molar-refractivity contribution in [3.8, 4) is 11.8 Å². The van der Waals surface area contributed by atoms with E-state index in [-0.39, 0.29) is 12.4 Å². The lowest BCUT2D eigenvalue weighted by Crippen LogP contribution is -2.36. The van der Waals surface area contributed by atoms with Gasteiger partial charge in [-0.25, -0.2) is 0 Å². The zero-order valence-electron chi connectivity index (χ0n) is 12.3. The van der Waals surface area contributed by atoms with E-state index in [2.05, 4.69) is 28.9 Å². The first kappa shape index (κ1) is 15.9. The van der Waals surface area contributed by atoms with Crippen molar-refractivity contribution in [3.05, 3.63) is 12.2 Å². The summed E-state index contributed by atoms with van der Waals surface area (Å²) >= 11 is 0. The highest BCUT2D eigenvalue weighted by Crippen LogP contribution is 2.47. The van der Waals surface area contributed by atoms with Crippen LogP contribution in [-0.4, -0.2) is 35.2 Å². The van der Waals surface area contributed by atoms with E-state index in [4.69, 9.17) is 0 Å². The minimum atomic E-state index is -0.806. The maximum absolute atomic E-state index is 10.6. The van der Waals surface area contributed by atoms with Crippen LogP contribution in [-0.2, 0) is 0 Å². The van der Waals surface area contributed by atoms with Crippen LogP contribution in [0.2, 0.25) is 0 Å². The van der Waals surface area contributed by atoms with E-state index in [0.717, 1.165) is 13.0 Å². The normalized spacial score (nSPS) is 35.0. The Balaban J connectivity index is 0.00000147. The predicted molar refractivity (Wildman–Crippen MR) is 84.8 cm³/mol. The molecule has 3 heteroatoms. The van der Waals surface area contributed by atoms with Crippen LogP contribution in [0.4, 0.5) is 0 Å². The molecule has 4 unspecified atom stereocenters. The number of allylic oxidation sites excluding steroid dienone is 2. The molecule has 2 nitrogen and oxygen atoms in total. The molecule has 0 aromatic heterocycles. The van der Waals surface area contributed by atoms with Crippen LogP contribution in [0.1, 0.15) is 39.0 Å². The summed E-state index contributed by atoms with van der Waals surface area (Å²) in [7, 11) is 0. The number of likely N-dealkylation sites (tertiary alicyclic amines) is 1. The number of nitrogens with zero attached hydrogens (tertiary/aromatic N) is 1. The zero-order chi connectivity index (χ0) is 13.3. The van der Waals surface area contributed by atoms with Crippen molar-refractivity contribution in [2.75, 3.05) is 19.6 Å². The molecule has 1 heterocycles. The fraction of sp³-hybridized carbons (Fsp3) is 0.765. The molecule has 0 aromatic rings. The second-order valence-electron chi connectivity index (χ2n) is 6.67. The summed E-state index contributed by atoms with van der Waals surface area (Å²) in [5.41, 5.74) is -0.806. The number of hydrogen-bond donors (Lipinski definition) is 1. The molecule has 2 fully saturated rings.